The fourth-order valence-corrected chi connectivity index (χ4v) is 3.79. The summed E-state index contributed by atoms with van der Waals surface area (Å²) >= 11 is 0. The summed E-state index contributed by atoms with van der Waals surface area (Å²) in [6, 6.07) is 13.2. The van der Waals surface area contributed by atoms with E-state index in [0.717, 1.165) is 38.6 Å². The Labute approximate surface area is 150 Å². The molecule has 3 heterocycles. The van der Waals surface area contributed by atoms with E-state index in [4.69, 9.17) is 5.26 Å². The van der Waals surface area contributed by atoms with Crippen molar-refractivity contribution in [3.63, 3.8) is 0 Å². The number of hydrogen-bond acceptors (Lipinski definition) is 5. The van der Waals surface area contributed by atoms with E-state index in [9.17, 15) is 8.42 Å². The zero-order valence-electron chi connectivity index (χ0n) is 13.9. The minimum atomic E-state index is -3.06. The van der Waals surface area contributed by atoms with Crippen molar-refractivity contribution < 1.29 is 8.42 Å². The standard InChI is InChI=1S/C19H14N4O2S/c1-26(24,25)11-12-2-4-13(5-3-12)14-6-17-16-7-15(8-20)21-10-18(16)23-19(17)22-9-14/h2-7,9-10H,11H2,1H3,(H,22,23). The van der Waals surface area contributed by atoms with Crippen molar-refractivity contribution in [3.05, 3.63) is 60.0 Å². The fourth-order valence-electron chi connectivity index (χ4n) is 2.99. The zero-order chi connectivity index (χ0) is 18.3. The first-order valence-electron chi connectivity index (χ1n) is 7.87. The summed E-state index contributed by atoms with van der Waals surface area (Å²) in [7, 11) is -3.06. The van der Waals surface area contributed by atoms with Crippen molar-refractivity contribution in [1.29, 1.82) is 5.26 Å². The van der Waals surface area contributed by atoms with Gasteiger partial charge in [-0.2, -0.15) is 5.26 Å². The second-order valence-electron chi connectivity index (χ2n) is 6.24. The molecular weight excluding hydrogens is 348 g/mol. The van der Waals surface area contributed by atoms with Crippen LogP contribution < -0.4 is 0 Å². The predicted octanol–water partition coefficient (Wildman–Crippen LogP) is 3.19. The molecule has 4 aromatic rings. The van der Waals surface area contributed by atoms with Crippen molar-refractivity contribution in [3.8, 4) is 17.2 Å². The molecule has 0 fully saturated rings. The lowest BCUT2D eigenvalue weighted by molar-refractivity contribution is 0.601. The molecule has 0 radical (unpaired) electrons. The number of nitrogens with zero attached hydrogens (tertiary/aromatic N) is 3. The molecule has 3 aromatic heterocycles. The molecule has 128 valence electrons. The summed E-state index contributed by atoms with van der Waals surface area (Å²) in [6.45, 7) is 0. The number of pyridine rings is 2. The van der Waals surface area contributed by atoms with E-state index in [2.05, 4.69) is 21.0 Å². The predicted molar refractivity (Wildman–Crippen MR) is 100 cm³/mol. The van der Waals surface area contributed by atoms with Crippen LogP contribution in [0.25, 0.3) is 33.1 Å². The van der Waals surface area contributed by atoms with Crippen LogP contribution in [0.5, 0.6) is 0 Å². The Morgan fingerprint density at radius 2 is 1.81 bits per heavy atom. The molecule has 0 spiro atoms. The summed E-state index contributed by atoms with van der Waals surface area (Å²) < 4.78 is 22.8. The Morgan fingerprint density at radius 3 is 2.50 bits per heavy atom. The molecule has 0 unspecified atom stereocenters. The van der Waals surface area contributed by atoms with Gasteiger partial charge in [0.25, 0.3) is 0 Å². The van der Waals surface area contributed by atoms with E-state index in [1.54, 1.807) is 18.5 Å². The first kappa shape index (κ1) is 16.2. The van der Waals surface area contributed by atoms with Crippen LogP contribution >= 0.6 is 0 Å². The fraction of sp³-hybridized carbons (Fsp3) is 0.105. The highest BCUT2D eigenvalue weighted by Gasteiger charge is 2.10. The van der Waals surface area contributed by atoms with Crippen molar-refractivity contribution in [1.82, 2.24) is 15.0 Å². The molecule has 0 saturated carbocycles. The largest absolute Gasteiger partial charge is 0.338 e. The average Bonchev–Trinajstić information content (AvgIpc) is 2.98. The normalized spacial score (nSPS) is 11.7. The number of sulfone groups is 1. The summed E-state index contributed by atoms with van der Waals surface area (Å²) in [4.78, 5) is 11.7. The first-order chi connectivity index (χ1) is 12.4. The molecule has 1 N–H and O–H groups in total. The van der Waals surface area contributed by atoms with Crippen molar-refractivity contribution >= 4 is 31.8 Å². The highest BCUT2D eigenvalue weighted by atomic mass is 32.2. The maximum Gasteiger partial charge on any atom is 0.151 e. The topological polar surface area (TPSA) is 99.5 Å². The van der Waals surface area contributed by atoms with Crippen LogP contribution in [0.2, 0.25) is 0 Å². The van der Waals surface area contributed by atoms with Gasteiger partial charge in [-0.25, -0.2) is 18.4 Å². The van der Waals surface area contributed by atoms with Crippen LogP contribution in [0.3, 0.4) is 0 Å². The van der Waals surface area contributed by atoms with Gasteiger partial charge in [-0.1, -0.05) is 24.3 Å². The lowest BCUT2D eigenvalue weighted by atomic mass is 10.0. The van der Waals surface area contributed by atoms with Crippen LogP contribution in [0.15, 0.2) is 48.8 Å². The molecule has 0 amide bonds. The third kappa shape index (κ3) is 3.03. The molecule has 26 heavy (non-hydrogen) atoms. The first-order valence-corrected chi connectivity index (χ1v) is 9.93. The molecule has 0 aliphatic heterocycles. The Bertz CT molecular complexity index is 1280. The quantitative estimate of drug-likeness (QED) is 0.603. The maximum absolute atomic E-state index is 11.4. The molecular formula is C19H14N4O2S. The molecule has 0 aliphatic rings. The number of rotatable bonds is 3. The lowest BCUT2D eigenvalue weighted by Gasteiger charge is -2.04. The van der Waals surface area contributed by atoms with Gasteiger partial charge < -0.3 is 4.98 Å². The highest BCUT2D eigenvalue weighted by Crippen LogP contribution is 2.28. The Balaban J connectivity index is 1.79. The summed E-state index contributed by atoms with van der Waals surface area (Å²) in [5.74, 6) is 0.0248. The van der Waals surface area contributed by atoms with E-state index < -0.39 is 9.84 Å². The Morgan fingerprint density at radius 1 is 1.04 bits per heavy atom. The van der Waals surface area contributed by atoms with Gasteiger partial charge in [-0.3, -0.25) is 0 Å². The van der Waals surface area contributed by atoms with Gasteiger partial charge in [0, 0.05) is 28.8 Å². The molecule has 0 atom stereocenters. The van der Waals surface area contributed by atoms with Gasteiger partial charge in [0.1, 0.15) is 17.4 Å². The van der Waals surface area contributed by atoms with Crippen LogP contribution in [-0.4, -0.2) is 29.6 Å². The average molecular weight is 362 g/mol. The van der Waals surface area contributed by atoms with Crippen LogP contribution in [0, 0.1) is 11.3 Å². The van der Waals surface area contributed by atoms with Crippen LogP contribution in [-0.2, 0) is 15.6 Å². The van der Waals surface area contributed by atoms with Crippen molar-refractivity contribution in [2.24, 2.45) is 0 Å². The molecule has 0 saturated heterocycles. The number of nitrogens with one attached hydrogen (secondary N) is 1. The molecule has 1 aromatic carbocycles. The van der Waals surface area contributed by atoms with Gasteiger partial charge >= 0.3 is 0 Å². The van der Waals surface area contributed by atoms with Gasteiger partial charge in [0.15, 0.2) is 9.84 Å². The van der Waals surface area contributed by atoms with Gasteiger partial charge in [-0.05, 0) is 23.3 Å². The van der Waals surface area contributed by atoms with Crippen LogP contribution in [0.1, 0.15) is 11.3 Å². The molecule has 7 heteroatoms. The number of benzene rings is 1. The second kappa shape index (κ2) is 5.93. The van der Waals surface area contributed by atoms with Gasteiger partial charge in [0.05, 0.1) is 17.5 Å². The van der Waals surface area contributed by atoms with Gasteiger partial charge in [-0.15, -0.1) is 0 Å². The van der Waals surface area contributed by atoms with E-state index in [1.165, 1.54) is 6.26 Å². The van der Waals surface area contributed by atoms with E-state index >= 15 is 0 Å². The number of nitriles is 1. The van der Waals surface area contributed by atoms with E-state index in [0.29, 0.717) is 5.69 Å². The van der Waals surface area contributed by atoms with E-state index in [-0.39, 0.29) is 5.75 Å². The van der Waals surface area contributed by atoms with Gasteiger partial charge in [0.2, 0.25) is 0 Å². The molecule has 0 aliphatic carbocycles. The third-order valence-electron chi connectivity index (χ3n) is 4.17. The number of hydrogen-bond donors (Lipinski definition) is 1. The monoisotopic (exact) mass is 362 g/mol. The molecule has 6 nitrogen and oxygen atoms in total. The summed E-state index contributed by atoms with van der Waals surface area (Å²) in [6.07, 6.45) is 4.62. The number of aromatic amines is 1. The maximum atomic E-state index is 11.4. The minimum Gasteiger partial charge on any atom is -0.338 e. The van der Waals surface area contributed by atoms with Crippen molar-refractivity contribution in [2.75, 3.05) is 6.26 Å². The number of H-pyrrole nitrogens is 1. The third-order valence-corrected chi connectivity index (χ3v) is 5.02. The highest BCUT2D eigenvalue weighted by molar-refractivity contribution is 7.89. The SMILES string of the molecule is CS(=O)(=O)Cc1ccc(-c2cnc3[nH]c4cnc(C#N)cc4c3c2)cc1. The minimum absolute atomic E-state index is 0.0248. The van der Waals surface area contributed by atoms with Crippen LogP contribution in [0.4, 0.5) is 0 Å². The second-order valence-corrected chi connectivity index (χ2v) is 8.38. The summed E-state index contributed by atoms with van der Waals surface area (Å²) in [5, 5.41) is 10.9. The Kier molecular flexibility index (Phi) is 3.71. The summed E-state index contributed by atoms with van der Waals surface area (Å²) in [5.41, 5.74) is 4.53. The zero-order valence-corrected chi connectivity index (χ0v) is 14.7. The lowest BCUT2D eigenvalue weighted by Crippen LogP contribution is -2.00. The molecule has 4 rings (SSSR count). The van der Waals surface area contributed by atoms with E-state index in [1.807, 2.05) is 30.3 Å². The van der Waals surface area contributed by atoms with Crippen molar-refractivity contribution in [2.45, 2.75) is 5.75 Å². The Hall–Kier alpha value is -3.24. The molecule has 0 bridgehead atoms. The smallest absolute Gasteiger partial charge is 0.151 e. The number of fused-ring (bicyclic) bond motifs is 3. The number of aromatic nitrogens is 3.